The zero-order valence-corrected chi connectivity index (χ0v) is 10.1. The fourth-order valence-corrected chi connectivity index (χ4v) is 2.44. The molecule has 1 aromatic heterocycles. The van der Waals surface area contributed by atoms with Gasteiger partial charge in [0.1, 0.15) is 10.7 Å². The largest absolute Gasteiger partial charge is 0.478 e. The van der Waals surface area contributed by atoms with Gasteiger partial charge in [-0.2, -0.15) is 0 Å². The molecule has 0 saturated carbocycles. The van der Waals surface area contributed by atoms with Crippen LogP contribution in [0.4, 0.5) is 0 Å². The number of halogens is 1. The van der Waals surface area contributed by atoms with Crippen LogP contribution >= 0.6 is 11.6 Å². The van der Waals surface area contributed by atoms with Crippen LogP contribution < -0.4 is 0 Å². The van der Waals surface area contributed by atoms with Crippen molar-refractivity contribution < 1.29 is 9.90 Å². The average molecular weight is 238 g/mol. The maximum Gasteiger partial charge on any atom is 0.339 e. The normalized spacial score (nSPS) is 11.0. The number of hydrogen-bond donors (Lipinski definition) is 1. The lowest BCUT2D eigenvalue weighted by Gasteiger charge is -2.02. The number of fused-ring (bicyclic) bond motifs is 1. The number of benzene rings is 1. The molecule has 1 N–H and O–H groups in total. The molecule has 0 aliphatic rings. The number of carbonyl (C=O) groups is 1. The van der Waals surface area contributed by atoms with Gasteiger partial charge in [-0.15, -0.1) is 0 Å². The topological polar surface area (TPSA) is 42.2 Å². The fraction of sp³-hybridized carbons (Fsp3) is 0.250. The Bertz CT molecular complexity index is 599. The SMILES string of the molecule is Cc1cc(C)c2c(c1)c(C(=O)O)c(Cl)n2C. The minimum absolute atomic E-state index is 0.186. The van der Waals surface area contributed by atoms with E-state index in [0.717, 1.165) is 16.6 Å². The molecule has 0 amide bonds. The minimum Gasteiger partial charge on any atom is -0.478 e. The molecule has 0 bridgehead atoms. The number of carboxylic acids is 1. The summed E-state index contributed by atoms with van der Waals surface area (Å²) in [7, 11) is 1.78. The fourth-order valence-electron chi connectivity index (χ4n) is 2.18. The van der Waals surface area contributed by atoms with Gasteiger partial charge in [-0.1, -0.05) is 23.2 Å². The molecule has 3 nitrogen and oxygen atoms in total. The third-order valence-corrected chi connectivity index (χ3v) is 3.21. The summed E-state index contributed by atoms with van der Waals surface area (Å²) in [6.07, 6.45) is 0. The highest BCUT2D eigenvalue weighted by Gasteiger charge is 2.20. The van der Waals surface area contributed by atoms with Crippen molar-refractivity contribution in [1.82, 2.24) is 4.57 Å². The summed E-state index contributed by atoms with van der Waals surface area (Å²) in [4.78, 5) is 11.2. The highest BCUT2D eigenvalue weighted by molar-refractivity contribution is 6.35. The van der Waals surface area contributed by atoms with Crippen LogP contribution in [-0.4, -0.2) is 15.6 Å². The van der Waals surface area contributed by atoms with E-state index < -0.39 is 5.97 Å². The van der Waals surface area contributed by atoms with Gasteiger partial charge in [0.05, 0.1) is 5.52 Å². The Labute approximate surface area is 98.3 Å². The van der Waals surface area contributed by atoms with Crippen molar-refractivity contribution in [3.63, 3.8) is 0 Å². The predicted molar refractivity (Wildman–Crippen MR) is 64.4 cm³/mol. The highest BCUT2D eigenvalue weighted by atomic mass is 35.5. The first-order chi connectivity index (χ1) is 7.43. The van der Waals surface area contributed by atoms with Crippen molar-refractivity contribution >= 4 is 28.5 Å². The molecule has 0 atom stereocenters. The van der Waals surface area contributed by atoms with Gasteiger partial charge in [-0.25, -0.2) is 4.79 Å². The van der Waals surface area contributed by atoms with Gasteiger partial charge in [0.25, 0.3) is 0 Å². The second-order valence-electron chi connectivity index (χ2n) is 4.01. The Morgan fingerprint density at radius 3 is 2.56 bits per heavy atom. The van der Waals surface area contributed by atoms with E-state index in [1.54, 1.807) is 11.6 Å². The lowest BCUT2D eigenvalue weighted by molar-refractivity contribution is 0.0699. The molecule has 0 spiro atoms. The van der Waals surface area contributed by atoms with Crippen molar-refractivity contribution in [2.24, 2.45) is 7.05 Å². The van der Waals surface area contributed by atoms with Gasteiger partial charge in [0, 0.05) is 12.4 Å². The first kappa shape index (κ1) is 11.0. The number of carboxylic acid groups (broad SMARTS) is 1. The maximum atomic E-state index is 11.2. The molecule has 0 radical (unpaired) electrons. The second-order valence-corrected chi connectivity index (χ2v) is 4.37. The molecule has 0 aliphatic heterocycles. The van der Waals surface area contributed by atoms with Crippen LogP contribution in [-0.2, 0) is 7.05 Å². The van der Waals surface area contributed by atoms with E-state index in [4.69, 9.17) is 16.7 Å². The number of nitrogens with zero attached hydrogens (tertiary/aromatic N) is 1. The van der Waals surface area contributed by atoms with Crippen LogP contribution in [0, 0.1) is 13.8 Å². The molecule has 0 fully saturated rings. The zero-order valence-electron chi connectivity index (χ0n) is 9.34. The summed E-state index contributed by atoms with van der Waals surface area (Å²) >= 11 is 6.04. The van der Waals surface area contributed by atoms with E-state index in [1.165, 1.54) is 0 Å². The van der Waals surface area contributed by atoms with Gasteiger partial charge < -0.3 is 9.67 Å². The lowest BCUT2D eigenvalue weighted by atomic mass is 10.1. The average Bonchev–Trinajstić information content (AvgIpc) is 2.38. The number of aromatic nitrogens is 1. The molecule has 2 rings (SSSR count). The lowest BCUT2D eigenvalue weighted by Crippen LogP contribution is -1.96. The minimum atomic E-state index is -0.986. The van der Waals surface area contributed by atoms with Crippen molar-refractivity contribution in [1.29, 1.82) is 0 Å². The summed E-state index contributed by atoms with van der Waals surface area (Å²) in [6, 6.07) is 3.88. The van der Waals surface area contributed by atoms with Crippen LogP contribution in [0.25, 0.3) is 10.9 Å². The summed E-state index contributed by atoms with van der Waals surface area (Å²) in [6.45, 7) is 3.90. The van der Waals surface area contributed by atoms with Crippen LogP contribution in [0.2, 0.25) is 5.15 Å². The van der Waals surface area contributed by atoms with E-state index in [9.17, 15) is 4.79 Å². The molecule has 84 valence electrons. The van der Waals surface area contributed by atoms with E-state index in [1.807, 2.05) is 26.0 Å². The van der Waals surface area contributed by atoms with Gasteiger partial charge in [-0.05, 0) is 25.5 Å². The van der Waals surface area contributed by atoms with Gasteiger partial charge in [-0.3, -0.25) is 0 Å². The summed E-state index contributed by atoms with van der Waals surface area (Å²) in [5.41, 5.74) is 3.14. The second kappa shape index (κ2) is 3.52. The van der Waals surface area contributed by atoms with Gasteiger partial charge in [0.15, 0.2) is 0 Å². The van der Waals surface area contributed by atoms with Crippen molar-refractivity contribution in [2.75, 3.05) is 0 Å². The summed E-state index contributed by atoms with van der Waals surface area (Å²) in [5.74, 6) is -0.986. The third-order valence-electron chi connectivity index (χ3n) is 2.76. The number of hydrogen-bond acceptors (Lipinski definition) is 1. The molecular formula is C12H12ClNO2. The first-order valence-corrected chi connectivity index (χ1v) is 5.29. The van der Waals surface area contributed by atoms with E-state index >= 15 is 0 Å². The molecule has 0 unspecified atom stereocenters. The molecule has 16 heavy (non-hydrogen) atoms. The Balaban J connectivity index is 3.02. The van der Waals surface area contributed by atoms with Gasteiger partial charge >= 0.3 is 5.97 Å². The van der Waals surface area contributed by atoms with E-state index in [-0.39, 0.29) is 10.7 Å². The molecule has 2 aromatic rings. The molecule has 0 aliphatic carbocycles. The Kier molecular flexibility index (Phi) is 2.43. The monoisotopic (exact) mass is 237 g/mol. The molecule has 0 saturated heterocycles. The highest BCUT2D eigenvalue weighted by Crippen LogP contribution is 2.31. The predicted octanol–water partition coefficient (Wildman–Crippen LogP) is 3.15. The Hall–Kier alpha value is -1.48. The van der Waals surface area contributed by atoms with Gasteiger partial charge in [0.2, 0.25) is 0 Å². The quantitative estimate of drug-likeness (QED) is 0.828. The standard InChI is InChI=1S/C12H12ClNO2/c1-6-4-7(2)10-8(5-6)9(12(15)16)11(13)14(10)3/h4-5H,1-3H3,(H,15,16). The van der Waals surface area contributed by atoms with Crippen LogP contribution in [0.15, 0.2) is 12.1 Å². The molecule has 1 heterocycles. The Morgan fingerprint density at radius 1 is 1.38 bits per heavy atom. The maximum absolute atomic E-state index is 11.2. The van der Waals surface area contributed by atoms with Crippen LogP contribution in [0.5, 0.6) is 0 Å². The number of aryl methyl sites for hydroxylation is 3. The number of rotatable bonds is 1. The molecular weight excluding hydrogens is 226 g/mol. The third kappa shape index (κ3) is 1.39. The summed E-state index contributed by atoms with van der Waals surface area (Å²) in [5, 5.41) is 10.1. The smallest absolute Gasteiger partial charge is 0.339 e. The Morgan fingerprint density at radius 2 is 2.00 bits per heavy atom. The molecule has 4 heteroatoms. The van der Waals surface area contributed by atoms with Crippen molar-refractivity contribution in [3.8, 4) is 0 Å². The van der Waals surface area contributed by atoms with Crippen molar-refractivity contribution in [3.05, 3.63) is 34.0 Å². The van der Waals surface area contributed by atoms with Crippen LogP contribution in [0.1, 0.15) is 21.5 Å². The summed E-state index contributed by atoms with van der Waals surface area (Å²) < 4.78 is 1.72. The van der Waals surface area contributed by atoms with Crippen LogP contribution in [0.3, 0.4) is 0 Å². The van der Waals surface area contributed by atoms with E-state index in [0.29, 0.717) is 5.39 Å². The number of aromatic carboxylic acids is 1. The van der Waals surface area contributed by atoms with Crippen molar-refractivity contribution in [2.45, 2.75) is 13.8 Å². The molecule has 1 aromatic carbocycles. The first-order valence-electron chi connectivity index (χ1n) is 4.92. The zero-order chi connectivity index (χ0) is 12.0. The van der Waals surface area contributed by atoms with E-state index in [2.05, 4.69) is 0 Å².